The van der Waals surface area contributed by atoms with Crippen LogP contribution in [0.5, 0.6) is 0 Å². The van der Waals surface area contributed by atoms with Crippen molar-refractivity contribution in [3.05, 3.63) is 35.4 Å². The second kappa shape index (κ2) is 10.4. The van der Waals surface area contributed by atoms with E-state index in [2.05, 4.69) is 12.3 Å². The van der Waals surface area contributed by atoms with Gasteiger partial charge >= 0.3 is 0 Å². The molecule has 1 aromatic rings. The molecule has 0 aliphatic heterocycles. The van der Waals surface area contributed by atoms with E-state index in [0.29, 0.717) is 26.2 Å². The number of unbranched alkanes of at least 4 members (excludes halogenated alkanes) is 1. The summed E-state index contributed by atoms with van der Waals surface area (Å²) in [4.78, 5) is 11.1. The van der Waals surface area contributed by atoms with Crippen LogP contribution >= 0.6 is 0 Å². The van der Waals surface area contributed by atoms with Crippen molar-refractivity contribution in [2.75, 3.05) is 19.8 Å². The summed E-state index contributed by atoms with van der Waals surface area (Å²) in [5.41, 5.74) is 4.12. The molecule has 0 aromatic heterocycles. The number of rotatable bonds is 10. The number of hydrogen-bond donors (Lipinski definition) is 2. The number of nitrogens with two attached hydrogens (primary N) is 1. The first kappa shape index (κ1) is 16.6. The number of nitrogens with one attached hydrogen (secondary N) is 1. The number of carbonyl (C=O) groups excluding carboxylic acids is 1. The third-order valence-electron chi connectivity index (χ3n) is 2.83. The van der Waals surface area contributed by atoms with Crippen LogP contribution in [0.15, 0.2) is 24.3 Å². The van der Waals surface area contributed by atoms with Crippen LogP contribution in [0.25, 0.3) is 0 Å². The normalized spacial score (nSPS) is 10.5. The van der Waals surface area contributed by atoms with E-state index in [-0.39, 0.29) is 5.91 Å². The van der Waals surface area contributed by atoms with Crippen molar-refractivity contribution in [3.63, 3.8) is 0 Å². The van der Waals surface area contributed by atoms with Crippen LogP contribution in [0.2, 0.25) is 0 Å². The number of hydrogen-bond acceptors (Lipinski definition) is 4. The molecule has 0 saturated carbocycles. The van der Waals surface area contributed by atoms with Crippen molar-refractivity contribution in [1.82, 2.24) is 5.43 Å². The summed E-state index contributed by atoms with van der Waals surface area (Å²) in [6.45, 7) is 4.73. The lowest BCUT2D eigenvalue weighted by molar-refractivity contribution is -0.120. The van der Waals surface area contributed by atoms with E-state index < -0.39 is 0 Å². The van der Waals surface area contributed by atoms with Gasteiger partial charge in [0.1, 0.15) is 0 Å². The highest BCUT2D eigenvalue weighted by Crippen LogP contribution is 2.06. The number of carbonyl (C=O) groups is 1. The van der Waals surface area contributed by atoms with Crippen molar-refractivity contribution in [1.29, 1.82) is 0 Å². The molecule has 5 nitrogen and oxygen atoms in total. The zero-order chi connectivity index (χ0) is 14.6. The maximum absolute atomic E-state index is 11.1. The minimum atomic E-state index is -0.196. The van der Waals surface area contributed by atoms with Gasteiger partial charge in [-0.15, -0.1) is 0 Å². The standard InChI is InChI=1S/C15H24N2O3/c1-2-3-8-19-9-10-20-12-14-6-4-13(5-7-14)11-15(18)17-16/h4-7H,2-3,8-12,16H2,1H3,(H,17,18). The summed E-state index contributed by atoms with van der Waals surface area (Å²) in [7, 11) is 0. The SMILES string of the molecule is CCCCOCCOCc1ccc(CC(=O)NN)cc1. The maximum atomic E-state index is 11.1. The van der Waals surface area contributed by atoms with Crippen LogP contribution in [0, 0.1) is 0 Å². The highest BCUT2D eigenvalue weighted by molar-refractivity contribution is 5.77. The van der Waals surface area contributed by atoms with E-state index in [0.717, 1.165) is 30.6 Å². The molecule has 0 atom stereocenters. The molecule has 1 amide bonds. The van der Waals surface area contributed by atoms with Gasteiger partial charge in [0.25, 0.3) is 0 Å². The fraction of sp³-hybridized carbons (Fsp3) is 0.533. The summed E-state index contributed by atoms with van der Waals surface area (Å²) in [5.74, 6) is 4.85. The fourth-order valence-electron chi connectivity index (χ4n) is 1.65. The van der Waals surface area contributed by atoms with E-state index in [1.165, 1.54) is 0 Å². The van der Waals surface area contributed by atoms with Crippen molar-refractivity contribution >= 4 is 5.91 Å². The quantitative estimate of drug-likeness (QED) is 0.295. The summed E-state index contributed by atoms with van der Waals surface area (Å²) >= 11 is 0. The third-order valence-corrected chi connectivity index (χ3v) is 2.83. The molecular weight excluding hydrogens is 256 g/mol. The summed E-state index contributed by atoms with van der Waals surface area (Å²) < 4.78 is 10.9. The first-order valence-electron chi connectivity index (χ1n) is 6.99. The Balaban J connectivity index is 2.16. The molecule has 0 unspecified atom stereocenters. The van der Waals surface area contributed by atoms with Gasteiger partial charge in [0.2, 0.25) is 5.91 Å². The second-order valence-corrected chi connectivity index (χ2v) is 4.58. The summed E-state index contributed by atoms with van der Waals surface area (Å²) in [5, 5.41) is 0. The van der Waals surface area contributed by atoms with Gasteiger partial charge in [-0.25, -0.2) is 5.84 Å². The molecule has 0 spiro atoms. The first-order chi connectivity index (χ1) is 9.76. The molecule has 0 bridgehead atoms. The van der Waals surface area contributed by atoms with Crippen LogP contribution in [0.4, 0.5) is 0 Å². The van der Waals surface area contributed by atoms with E-state index in [4.69, 9.17) is 15.3 Å². The van der Waals surface area contributed by atoms with Crippen LogP contribution in [-0.4, -0.2) is 25.7 Å². The van der Waals surface area contributed by atoms with E-state index in [1.54, 1.807) is 0 Å². The summed E-state index contributed by atoms with van der Waals surface area (Å²) in [6.07, 6.45) is 2.54. The molecule has 1 aromatic carbocycles. The lowest BCUT2D eigenvalue weighted by Crippen LogP contribution is -2.31. The van der Waals surface area contributed by atoms with Crippen LogP contribution in [0.3, 0.4) is 0 Å². The largest absolute Gasteiger partial charge is 0.379 e. The lowest BCUT2D eigenvalue weighted by atomic mass is 10.1. The van der Waals surface area contributed by atoms with Gasteiger partial charge in [0.05, 0.1) is 26.2 Å². The number of hydrazine groups is 1. The van der Waals surface area contributed by atoms with Crippen molar-refractivity contribution in [3.8, 4) is 0 Å². The maximum Gasteiger partial charge on any atom is 0.238 e. The highest BCUT2D eigenvalue weighted by atomic mass is 16.5. The van der Waals surface area contributed by atoms with Gasteiger partial charge in [-0.2, -0.15) is 0 Å². The zero-order valence-corrected chi connectivity index (χ0v) is 12.1. The Hall–Kier alpha value is -1.43. The lowest BCUT2D eigenvalue weighted by Gasteiger charge is -2.06. The Morgan fingerprint density at radius 3 is 2.40 bits per heavy atom. The number of ether oxygens (including phenoxy) is 2. The molecular formula is C15H24N2O3. The van der Waals surface area contributed by atoms with E-state index >= 15 is 0 Å². The van der Waals surface area contributed by atoms with Crippen LogP contribution in [-0.2, 0) is 27.3 Å². The Morgan fingerprint density at radius 2 is 1.75 bits per heavy atom. The molecule has 0 aliphatic rings. The highest BCUT2D eigenvalue weighted by Gasteiger charge is 2.01. The van der Waals surface area contributed by atoms with Crippen LogP contribution < -0.4 is 11.3 Å². The molecule has 5 heteroatoms. The van der Waals surface area contributed by atoms with Crippen molar-refractivity contribution in [2.24, 2.45) is 5.84 Å². The van der Waals surface area contributed by atoms with E-state index in [1.807, 2.05) is 24.3 Å². The van der Waals surface area contributed by atoms with Gasteiger partial charge in [-0.3, -0.25) is 10.2 Å². The molecule has 112 valence electrons. The Kier molecular flexibility index (Phi) is 8.62. The molecule has 0 fully saturated rings. The monoisotopic (exact) mass is 280 g/mol. The molecule has 0 saturated heterocycles. The average molecular weight is 280 g/mol. The molecule has 0 radical (unpaired) electrons. The Bertz CT molecular complexity index is 379. The molecule has 0 heterocycles. The average Bonchev–Trinajstić information content (AvgIpc) is 2.48. The van der Waals surface area contributed by atoms with E-state index in [9.17, 15) is 4.79 Å². The minimum absolute atomic E-state index is 0.196. The van der Waals surface area contributed by atoms with Gasteiger partial charge < -0.3 is 9.47 Å². The predicted octanol–water partition coefficient (Wildman–Crippen LogP) is 1.55. The van der Waals surface area contributed by atoms with Crippen molar-refractivity contribution < 1.29 is 14.3 Å². The van der Waals surface area contributed by atoms with Crippen LogP contribution in [0.1, 0.15) is 30.9 Å². The van der Waals surface area contributed by atoms with Crippen molar-refractivity contribution in [2.45, 2.75) is 32.8 Å². The van der Waals surface area contributed by atoms with Gasteiger partial charge in [-0.05, 0) is 17.5 Å². The molecule has 0 aliphatic carbocycles. The topological polar surface area (TPSA) is 73.6 Å². The molecule has 20 heavy (non-hydrogen) atoms. The molecule has 3 N–H and O–H groups in total. The fourth-order valence-corrected chi connectivity index (χ4v) is 1.65. The van der Waals surface area contributed by atoms with Gasteiger partial charge in [0, 0.05) is 6.61 Å². The number of benzene rings is 1. The zero-order valence-electron chi connectivity index (χ0n) is 12.1. The second-order valence-electron chi connectivity index (χ2n) is 4.58. The summed E-state index contributed by atoms with van der Waals surface area (Å²) in [6, 6.07) is 7.73. The Morgan fingerprint density at radius 1 is 1.10 bits per heavy atom. The molecule has 1 rings (SSSR count). The number of amides is 1. The smallest absolute Gasteiger partial charge is 0.238 e. The van der Waals surface area contributed by atoms with Gasteiger partial charge in [0.15, 0.2) is 0 Å². The third kappa shape index (κ3) is 7.23. The first-order valence-corrected chi connectivity index (χ1v) is 6.99. The van der Waals surface area contributed by atoms with Gasteiger partial charge in [-0.1, -0.05) is 37.6 Å². The Labute approximate surface area is 120 Å². The predicted molar refractivity (Wildman–Crippen MR) is 77.9 cm³/mol. The minimum Gasteiger partial charge on any atom is -0.379 e.